The molecule has 1 unspecified atom stereocenters. The summed E-state index contributed by atoms with van der Waals surface area (Å²) in [7, 11) is 3.54. The Hall–Kier alpha value is -1.04. The number of amides is 1. The van der Waals surface area contributed by atoms with Gasteiger partial charge in [0.05, 0.1) is 0 Å². The first kappa shape index (κ1) is 13.4. The first-order valence-corrected chi connectivity index (χ1v) is 7.05. The molecule has 0 aromatic heterocycles. The molecule has 3 N–H and O–H groups in total. The van der Waals surface area contributed by atoms with E-state index in [2.05, 4.69) is 17.6 Å². The van der Waals surface area contributed by atoms with Gasteiger partial charge in [0, 0.05) is 19.0 Å². The third-order valence-electron chi connectivity index (χ3n) is 2.91. The van der Waals surface area contributed by atoms with Crippen LogP contribution in [0.25, 0.3) is 0 Å². The van der Waals surface area contributed by atoms with Crippen molar-refractivity contribution in [3.05, 3.63) is 29.3 Å². The van der Waals surface area contributed by atoms with Crippen LogP contribution >= 0.6 is 11.8 Å². The van der Waals surface area contributed by atoms with E-state index in [1.54, 1.807) is 19.1 Å². The first-order valence-electron chi connectivity index (χ1n) is 6.07. The molecule has 0 aliphatic carbocycles. The smallest absolute Gasteiger partial charge is 0.255 e. The Bertz CT molecular complexity index is 448. The number of nitrogens with one attached hydrogen (secondary N) is 1. The summed E-state index contributed by atoms with van der Waals surface area (Å²) in [5.41, 5.74) is 10.9. The van der Waals surface area contributed by atoms with E-state index in [4.69, 9.17) is 5.73 Å². The number of fused-ring (bicyclic) bond motifs is 1. The Balaban J connectivity index is 2.15. The minimum atomic E-state index is -0.607. The van der Waals surface area contributed by atoms with Gasteiger partial charge in [-0.3, -0.25) is 10.2 Å². The zero-order chi connectivity index (χ0) is 13.1. The molecule has 1 heterocycles. The predicted octanol–water partition coefficient (Wildman–Crippen LogP) is 1.32. The number of carbonyl (C=O) groups excluding carboxylic acids is 1. The number of carbonyl (C=O) groups is 1. The van der Waals surface area contributed by atoms with Gasteiger partial charge >= 0.3 is 0 Å². The maximum absolute atomic E-state index is 11.8. The van der Waals surface area contributed by atoms with Crippen LogP contribution in [-0.4, -0.2) is 30.8 Å². The van der Waals surface area contributed by atoms with Crippen LogP contribution in [0.15, 0.2) is 23.1 Å². The largest absolute Gasteiger partial charge is 0.316 e. The fourth-order valence-corrected chi connectivity index (χ4v) is 3.03. The molecule has 0 spiro atoms. The van der Waals surface area contributed by atoms with E-state index in [1.165, 1.54) is 22.6 Å². The highest BCUT2D eigenvalue weighted by Gasteiger charge is 2.18. The summed E-state index contributed by atoms with van der Waals surface area (Å²) in [6, 6.07) is 5.50. The van der Waals surface area contributed by atoms with E-state index >= 15 is 0 Å². The summed E-state index contributed by atoms with van der Waals surface area (Å²) >= 11 is 1.88. The average molecular weight is 265 g/mol. The van der Waals surface area contributed by atoms with E-state index in [0.717, 1.165) is 12.0 Å². The Morgan fingerprint density at radius 3 is 3.00 bits per heavy atom. The number of benzene rings is 1. The highest BCUT2D eigenvalue weighted by Crippen LogP contribution is 2.31. The molecule has 0 radical (unpaired) electrons. The summed E-state index contributed by atoms with van der Waals surface area (Å²) in [5, 5.41) is 1.61. The number of rotatable bonds is 3. The Morgan fingerprint density at radius 1 is 1.50 bits per heavy atom. The van der Waals surface area contributed by atoms with Crippen molar-refractivity contribution in [2.75, 3.05) is 19.8 Å². The van der Waals surface area contributed by atoms with Crippen molar-refractivity contribution in [2.24, 2.45) is 5.73 Å². The van der Waals surface area contributed by atoms with Gasteiger partial charge in [-0.1, -0.05) is 12.1 Å². The lowest BCUT2D eigenvalue weighted by Crippen LogP contribution is -2.42. The fraction of sp³-hybridized carbons (Fsp3) is 0.462. The van der Waals surface area contributed by atoms with Gasteiger partial charge in [0.1, 0.15) is 6.04 Å². The average Bonchev–Trinajstić information content (AvgIpc) is 2.36. The third-order valence-corrected chi connectivity index (χ3v) is 4.11. The highest BCUT2D eigenvalue weighted by molar-refractivity contribution is 7.99. The number of hydrogen-bond donors (Lipinski definition) is 2. The Morgan fingerprint density at radius 2 is 2.28 bits per heavy atom. The SMILES string of the molecule is CN(C)NC(=O)C(N)c1ccc2c(c1)CCCS2. The van der Waals surface area contributed by atoms with Crippen molar-refractivity contribution < 1.29 is 4.79 Å². The molecular formula is C13H19N3OS. The lowest BCUT2D eigenvalue weighted by molar-refractivity contribution is -0.126. The Kier molecular flexibility index (Phi) is 4.27. The molecular weight excluding hydrogens is 246 g/mol. The quantitative estimate of drug-likeness (QED) is 0.809. The highest BCUT2D eigenvalue weighted by atomic mass is 32.2. The maximum atomic E-state index is 11.8. The van der Waals surface area contributed by atoms with Gasteiger partial charge in [-0.2, -0.15) is 0 Å². The number of nitrogens with two attached hydrogens (primary N) is 1. The second kappa shape index (κ2) is 5.73. The van der Waals surface area contributed by atoms with Crippen molar-refractivity contribution in [2.45, 2.75) is 23.8 Å². The molecule has 0 fully saturated rings. The molecule has 1 aliphatic rings. The topological polar surface area (TPSA) is 58.4 Å². The molecule has 0 bridgehead atoms. The van der Waals surface area contributed by atoms with Gasteiger partial charge in [0.25, 0.3) is 5.91 Å². The van der Waals surface area contributed by atoms with Gasteiger partial charge in [0.15, 0.2) is 0 Å². The minimum absolute atomic E-state index is 0.177. The van der Waals surface area contributed by atoms with Crippen LogP contribution < -0.4 is 11.2 Å². The molecule has 4 nitrogen and oxygen atoms in total. The van der Waals surface area contributed by atoms with Crippen LogP contribution in [0, 0.1) is 0 Å². The van der Waals surface area contributed by atoms with Crippen LogP contribution in [0.2, 0.25) is 0 Å². The lowest BCUT2D eigenvalue weighted by Gasteiger charge is -2.20. The van der Waals surface area contributed by atoms with Gasteiger partial charge in [-0.15, -0.1) is 11.8 Å². The summed E-state index contributed by atoms with van der Waals surface area (Å²) in [4.78, 5) is 13.2. The third kappa shape index (κ3) is 3.04. The second-order valence-electron chi connectivity index (χ2n) is 4.67. The van der Waals surface area contributed by atoms with Crippen molar-refractivity contribution in [3.63, 3.8) is 0 Å². The molecule has 1 atom stereocenters. The predicted molar refractivity (Wildman–Crippen MR) is 74.2 cm³/mol. The van der Waals surface area contributed by atoms with Crippen molar-refractivity contribution >= 4 is 17.7 Å². The molecule has 1 aromatic rings. The summed E-state index contributed by atoms with van der Waals surface area (Å²) < 4.78 is 0. The van der Waals surface area contributed by atoms with Crippen LogP contribution in [-0.2, 0) is 11.2 Å². The molecule has 18 heavy (non-hydrogen) atoms. The van der Waals surface area contributed by atoms with Crippen molar-refractivity contribution in [3.8, 4) is 0 Å². The van der Waals surface area contributed by atoms with Gasteiger partial charge < -0.3 is 5.73 Å². The lowest BCUT2D eigenvalue weighted by atomic mass is 10.0. The minimum Gasteiger partial charge on any atom is -0.316 e. The van der Waals surface area contributed by atoms with E-state index in [9.17, 15) is 4.79 Å². The van der Waals surface area contributed by atoms with E-state index < -0.39 is 6.04 Å². The molecule has 1 amide bonds. The number of hydrogen-bond acceptors (Lipinski definition) is 4. The van der Waals surface area contributed by atoms with Crippen LogP contribution in [0.4, 0.5) is 0 Å². The summed E-state index contributed by atoms with van der Waals surface area (Å²) in [5.74, 6) is 1.00. The summed E-state index contributed by atoms with van der Waals surface area (Å²) in [6.45, 7) is 0. The maximum Gasteiger partial charge on any atom is 0.255 e. The molecule has 2 rings (SSSR count). The molecule has 98 valence electrons. The standard InChI is InChI=1S/C13H19N3OS/c1-16(2)15-13(17)12(14)10-5-6-11-9(8-10)4-3-7-18-11/h5-6,8,12H,3-4,7,14H2,1-2H3,(H,15,17). The van der Waals surface area contributed by atoms with Crippen molar-refractivity contribution in [1.29, 1.82) is 0 Å². The van der Waals surface area contributed by atoms with E-state index in [1.807, 2.05) is 17.8 Å². The van der Waals surface area contributed by atoms with Gasteiger partial charge in [0.2, 0.25) is 0 Å². The number of thioether (sulfide) groups is 1. The monoisotopic (exact) mass is 265 g/mol. The molecule has 1 aromatic carbocycles. The first-order chi connectivity index (χ1) is 8.58. The van der Waals surface area contributed by atoms with Crippen molar-refractivity contribution in [1.82, 2.24) is 10.4 Å². The fourth-order valence-electron chi connectivity index (χ4n) is 2.02. The van der Waals surface area contributed by atoms with Gasteiger partial charge in [-0.05, 0) is 35.8 Å². The van der Waals surface area contributed by atoms with Crippen LogP contribution in [0.3, 0.4) is 0 Å². The zero-order valence-corrected chi connectivity index (χ0v) is 11.6. The van der Waals surface area contributed by atoms with Crippen LogP contribution in [0.5, 0.6) is 0 Å². The number of nitrogens with zero attached hydrogens (tertiary/aromatic N) is 1. The van der Waals surface area contributed by atoms with Gasteiger partial charge in [-0.25, -0.2) is 5.01 Å². The molecule has 0 saturated heterocycles. The number of aryl methyl sites for hydroxylation is 1. The normalized spacial score (nSPS) is 16.2. The zero-order valence-electron chi connectivity index (χ0n) is 10.8. The van der Waals surface area contributed by atoms with Crippen LogP contribution in [0.1, 0.15) is 23.6 Å². The second-order valence-corrected chi connectivity index (χ2v) is 5.80. The summed E-state index contributed by atoms with van der Waals surface area (Å²) in [6.07, 6.45) is 2.28. The van der Waals surface area contributed by atoms with E-state index in [0.29, 0.717) is 0 Å². The number of hydrazine groups is 1. The molecule has 0 saturated carbocycles. The van der Waals surface area contributed by atoms with E-state index in [-0.39, 0.29) is 5.91 Å². The Labute approximate surface area is 112 Å². The molecule has 5 heteroatoms. The molecule has 1 aliphatic heterocycles.